The smallest absolute Gasteiger partial charge is 0.253 e. The van der Waals surface area contributed by atoms with Crippen molar-refractivity contribution in [3.05, 3.63) is 23.8 Å². The van der Waals surface area contributed by atoms with Crippen LogP contribution in [0, 0.1) is 11.3 Å². The zero-order valence-corrected chi connectivity index (χ0v) is 9.93. The van der Waals surface area contributed by atoms with Crippen molar-refractivity contribution in [1.82, 2.24) is 4.90 Å². The predicted octanol–water partition coefficient (Wildman–Crippen LogP) is 1.26. The summed E-state index contributed by atoms with van der Waals surface area (Å²) in [5.74, 6) is 0.385. The molecular weight excluding hydrogens is 218 g/mol. The quantitative estimate of drug-likeness (QED) is 0.794. The molecule has 0 heterocycles. The number of carbonyl (C=O) groups excluding carboxylic acids is 1. The van der Waals surface area contributed by atoms with Gasteiger partial charge in [-0.3, -0.25) is 4.79 Å². The van der Waals surface area contributed by atoms with E-state index in [4.69, 9.17) is 15.7 Å². The molecule has 1 aromatic rings. The lowest BCUT2D eigenvalue weighted by molar-refractivity contribution is 0.0798. The second-order valence-corrected chi connectivity index (χ2v) is 3.59. The van der Waals surface area contributed by atoms with Gasteiger partial charge in [0.15, 0.2) is 0 Å². The third-order valence-corrected chi connectivity index (χ3v) is 2.38. The fourth-order valence-electron chi connectivity index (χ4n) is 1.41. The summed E-state index contributed by atoms with van der Waals surface area (Å²) in [5.41, 5.74) is 6.63. The van der Waals surface area contributed by atoms with Crippen LogP contribution in [0.15, 0.2) is 18.2 Å². The summed E-state index contributed by atoms with van der Waals surface area (Å²) < 4.78 is 5.01. The minimum absolute atomic E-state index is 0.158. The average Bonchev–Trinajstić information content (AvgIpc) is 2.34. The predicted molar refractivity (Wildman–Crippen MR) is 64.6 cm³/mol. The van der Waals surface area contributed by atoms with E-state index in [1.807, 2.05) is 6.07 Å². The van der Waals surface area contributed by atoms with E-state index in [2.05, 4.69) is 0 Å². The summed E-state index contributed by atoms with van der Waals surface area (Å²) in [4.78, 5) is 13.4. The Hall–Kier alpha value is -2.22. The normalized spacial score (nSPS) is 9.47. The van der Waals surface area contributed by atoms with Crippen LogP contribution in [0.4, 0.5) is 5.69 Å². The van der Waals surface area contributed by atoms with Gasteiger partial charge in [-0.05, 0) is 18.2 Å². The topological polar surface area (TPSA) is 79.3 Å². The Bertz CT molecular complexity index is 452. The number of ether oxygens (including phenoxy) is 1. The van der Waals surface area contributed by atoms with Crippen molar-refractivity contribution >= 4 is 11.6 Å². The van der Waals surface area contributed by atoms with Crippen LogP contribution in [-0.2, 0) is 0 Å². The number of nitrogens with two attached hydrogens (primary N) is 1. The number of anilines is 1. The summed E-state index contributed by atoms with van der Waals surface area (Å²) in [7, 11) is 3.17. The molecule has 0 bridgehead atoms. The van der Waals surface area contributed by atoms with E-state index in [1.165, 1.54) is 12.0 Å². The summed E-state index contributed by atoms with van der Waals surface area (Å²) in [6, 6.07) is 6.88. The number of nitrogen functional groups attached to an aromatic ring is 1. The van der Waals surface area contributed by atoms with Gasteiger partial charge in [-0.15, -0.1) is 0 Å². The molecule has 0 aliphatic heterocycles. The Morgan fingerprint density at radius 3 is 2.82 bits per heavy atom. The van der Waals surface area contributed by atoms with Crippen molar-refractivity contribution in [3.63, 3.8) is 0 Å². The van der Waals surface area contributed by atoms with Gasteiger partial charge in [0.1, 0.15) is 5.75 Å². The van der Waals surface area contributed by atoms with Crippen LogP contribution in [0.5, 0.6) is 5.75 Å². The highest BCUT2D eigenvalue weighted by Crippen LogP contribution is 2.22. The number of hydrogen-bond donors (Lipinski definition) is 1. The largest absolute Gasteiger partial charge is 0.495 e. The molecule has 1 rings (SSSR count). The highest BCUT2D eigenvalue weighted by Gasteiger charge is 2.12. The first kappa shape index (κ1) is 12.8. The first-order chi connectivity index (χ1) is 8.10. The number of carbonyl (C=O) groups is 1. The van der Waals surface area contributed by atoms with E-state index in [0.29, 0.717) is 30.0 Å². The number of amides is 1. The van der Waals surface area contributed by atoms with Crippen LogP contribution in [-0.4, -0.2) is 31.5 Å². The third-order valence-electron chi connectivity index (χ3n) is 2.38. The van der Waals surface area contributed by atoms with Gasteiger partial charge in [-0.25, -0.2) is 0 Å². The van der Waals surface area contributed by atoms with Crippen LogP contribution in [0.2, 0.25) is 0 Å². The summed E-state index contributed by atoms with van der Waals surface area (Å²) in [5, 5.41) is 8.46. The van der Waals surface area contributed by atoms with Crippen molar-refractivity contribution in [1.29, 1.82) is 5.26 Å². The van der Waals surface area contributed by atoms with Gasteiger partial charge in [0.05, 0.1) is 25.3 Å². The number of nitrogens with zero attached hydrogens (tertiary/aromatic N) is 2. The molecule has 0 saturated heterocycles. The molecule has 1 amide bonds. The molecule has 0 aliphatic rings. The summed E-state index contributed by atoms with van der Waals surface area (Å²) >= 11 is 0. The van der Waals surface area contributed by atoms with Crippen molar-refractivity contribution < 1.29 is 9.53 Å². The highest BCUT2D eigenvalue weighted by molar-refractivity contribution is 5.95. The Morgan fingerprint density at radius 1 is 1.59 bits per heavy atom. The van der Waals surface area contributed by atoms with Crippen molar-refractivity contribution in [2.75, 3.05) is 26.4 Å². The van der Waals surface area contributed by atoms with Crippen molar-refractivity contribution in [3.8, 4) is 11.8 Å². The first-order valence-electron chi connectivity index (χ1n) is 5.16. The average molecular weight is 233 g/mol. The molecule has 0 radical (unpaired) electrons. The van der Waals surface area contributed by atoms with Gasteiger partial charge >= 0.3 is 0 Å². The molecular formula is C12H15N3O2. The van der Waals surface area contributed by atoms with E-state index in [1.54, 1.807) is 25.2 Å². The molecule has 90 valence electrons. The minimum Gasteiger partial charge on any atom is -0.495 e. The minimum atomic E-state index is -0.158. The Labute approximate surface area is 100 Å². The fraction of sp³-hybridized carbons (Fsp3) is 0.333. The molecule has 2 N–H and O–H groups in total. The molecule has 0 atom stereocenters. The van der Waals surface area contributed by atoms with Gasteiger partial charge in [0, 0.05) is 19.2 Å². The van der Waals surface area contributed by atoms with Crippen molar-refractivity contribution in [2.45, 2.75) is 6.42 Å². The zero-order valence-electron chi connectivity index (χ0n) is 9.93. The molecule has 0 aromatic heterocycles. The zero-order chi connectivity index (χ0) is 12.8. The molecule has 0 aliphatic carbocycles. The maximum atomic E-state index is 11.9. The van der Waals surface area contributed by atoms with Gasteiger partial charge in [-0.2, -0.15) is 5.26 Å². The lowest BCUT2D eigenvalue weighted by atomic mass is 10.1. The van der Waals surface area contributed by atoms with Crippen LogP contribution >= 0.6 is 0 Å². The first-order valence-corrected chi connectivity index (χ1v) is 5.16. The maximum absolute atomic E-state index is 11.9. The molecule has 0 fully saturated rings. The van der Waals surface area contributed by atoms with Gasteiger partial charge in [-0.1, -0.05) is 0 Å². The number of hydrogen-bond acceptors (Lipinski definition) is 4. The summed E-state index contributed by atoms with van der Waals surface area (Å²) in [6.07, 6.45) is 0.313. The van der Waals surface area contributed by atoms with Gasteiger partial charge in [0.2, 0.25) is 0 Å². The third kappa shape index (κ3) is 3.11. The van der Waals surface area contributed by atoms with Crippen LogP contribution in [0.1, 0.15) is 16.8 Å². The molecule has 0 spiro atoms. The molecule has 0 unspecified atom stereocenters. The van der Waals surface area contributed by atoms with E-state index in [-0.39, 0.29) is 5.91 Å². The highest BCUT2D eigenvalue weighted by atomic mass is 16.5. The van der Waals surface area contributed by atoms with E-state index >= 15 is 0 Å². The molecule has 0 saturated carbocycles. The van der Waals surface area contributed by atoms with Crippen molar-refractivity contribution in [2.24, 2.45) is 0 Å². The van der Waals surface area contributed by atoms with Crippen LogP contribution in [0.25, 0.3) is 0 Å². The second kappa shape index (κ2) is 5.75. The van der Waals surface area contributed by atoms with E-state index < -0.39 is 0 Å². The van der Waals surface area contributed by atoms with Gasteiger partial charge in [0.25, 0.3) is 5.91 Å². The molecule has 5 nitrogen and oxygen atoms in total. The monoisotopic (exact) mass is 233 g/mol. The molecule has 5 heteroatoms. The SMILES string of the molecule is COc1ccc(C(=O)N(C)CCC#N)cc1N. The molecule has 17 heavy (non-hydrogen) atoms. The Balaban J connectivity index is 2.83. The maximum Gasteiger partial charge on any atom is 0.253 e. The lowest BCUT2D eigenvalue weighted by Crippen LogP contribution is -2.27. The summed E-state index contributed by atoms with van der Waals surface area (Å²) in [6.45, 7) is 0.404. The molecule has 1 aromatic carbocycles. The van der Waals surface area contributed by atoms with Crippen LogP contribution < -0.4 is 10.5 Å². The van der Waals surface area contributed by atoms with Crippen LogP contribution in [0.3, 0.4) is 0 Å². The van der Waals surface area contributed by atoms with E-state index in [0.717, 1.165) is 0 Å². The number of benzene rings is 1. The Morgan fingerprint density at radius 2 is 2.29 bits per heavy atom. The van der Waals surface area contributed by atoms with E-state index in [9.17, 15) is 4.79 Å². The number of methoxy groups -OCH3 is 1. The standard InChI is InChI=1S/C12H15N3O2/c1-15(7-3-6-13)12(16)9-4-5-11(17-2)10(14)8-9/h4-5,8H,3,7,14H2,1-2H3. The number of nitriles is 1. The Kier molecular flexibility index (Phi) is 4.35. The second-order valence-electron chi connectivity index (χ2n) is 3.59. The number of rotatable bonds is 4. The lowest BCUT2D eigenvalue weighted by Gasteiger charge is -2.16. The van der Waals surface area contributed by atoms with Gasteiger partial charge < -0.3 is 15.4 Å². The fourth-order valence-corrected chi connectivity index (χ4v) is 1.41.